The van der Waals surface area contributed by atoms with E-state index >= 15 is 0 Å². The largest absolute Gasteiger partial charge is 0.497 e. The number of halogens is 1. The molecule has 1 N–H and O–H groups in total. The normalized spacial score (nSPS) is 17.7. The van der Waals surface area contributed by atoms with Gasteiger partial charge in [-0.1, -0.05) is 0 Å². The molecule has 128 valence electrons. The molecule has 1 aliphatic heterocycles. The number of urea groups is 1. The number of nitrogens with zero attached hydrogens (tertiary/aromatic N) is 1. The molecule has 23 heavy (non-hydrogen) atoms. The van der Waals surface area contributed by atoms with Gasteiger partial charge in [-0.25, -0.2) is 4.79 Å². The molecule has 0 radical (unpaired) electrons. The number of nitrogens with one attached hydrogen (secondary N) is 1. The second kappa shape index (κ2) is 8.04. The van der Waals surface area contributed by atoms with E-state index in [1.807, 2.05) is 6.92 Å². The molecular formula is C17H25FN2O3. The Bertz CT molecular complexity index is 549. The van der Waals surface area contributed by atoms with Crippen molar-refractivity contribution >= 4 is 11.7 Å². The monoisotopic (exact) mass is 324 g/mol. The van der Waals surface area contributed by atoms with Crippen LogP contribution in [0.15, 0.2) is 12.1 Å². The minimum atomic E-state index is -0.327. The molecule has 0 bridgehead atoms. The van der Waals surface area contributed by atoms with E-state index < -0.39 is 0 Å². The summed E-state index contributed by atoms with van der Waals surface area (Å²) in [5, 5.41) is 2.93. The van der Waals surface area contributed by atoms with Crippen LogP contribution in [0.4, 0.5) is 14.9 Å². The molecule has 1 atom stereocenters. The van der Waals surface area contributed by atoms with Crippen LogP contribution in [0.3, 0.4) is 0 Å². The number of ether oxygens (including phenoxy) is 2. The van der Waals surface area contributed by atoms with E-state index in [9.17, 15) is 9.18 Å². The Morgan fingerprint density at radius 1 is 1.39 bits per heavy atom. The van der Waals surface area contributed by atoms with Crippen molar-refractivity contribution in [3.8, 4) is 11.5 Å². The maximum atomic E-state index is 12.5. The van der Waals surface area contributed by atoms with E-state index in [-0.39, 0.29) is 18.6 Å². The highest BCUT2D eigenvalue weighted by Crippen LogP contribution is 2.32. The number of alkyl halides is 1. The number of amides is 2. The van der Waals surface area contributed by atoms with Crippen molar-refractivity contribution in [2.24, 2.45) is 5.92 Å². The van der Waals surface area contributed by atoms with Crippen molar-refractivity contribution in [2.45, 2.75) is 26.2 Å². The summed E-state index contributed by atoms with van der Waals surface area (Å²) in [7, 11) is 3.15. The number of anilines is 1. The molecule has 1 aliphatic rings. The second-order valence-corrected chi connectivity index (χ2v) is 5.86. The summed E-state index contributed by atoms with van der Waals surface area (Å²) in [5.41, 5.74) is 1.51. The molecule has 1 saturated heterocycles. The van der Waals surface area contributed by atoms with Crippen molar-refractivity contribution in [3.05, 3.63) is 17.7 Å². The molecule has 0 saturated carbocycles. The van der Waals surface area contributed by atoms with Crippen molar-refractivity contribution in [1.82, 2.24) is 4.90 Å². The summed E-state index contributed by atoms with van der Waals surface area (Å²) in [4.78, 5) is 14.3. The van der Waals surface area contributed by atoms with E-state index in [1.54, 1.807) is 31.3 Å². The van der Waals surface area contributed by atoms with Crippen LogP contribution in [0, 0.1) is 12.8 Å². The Kier molecular flexibility index (Phi) is 6.07. The smallest absolute Gasteiger partial charge is 0.321 e. The summed E-state index contributed by atoms with van der Waals surface area (Å²) in [6, 6.07) is 3.40. The van der Waals surface area contributed by atoms with Crippen molar-refractivity contribution < 1.29 is 18.7 Å². The maximum Gasteiger partial charge on any atom is 0.321 e. The predicted molar refractivity (Wildman–Crippen MR) is 88.2 cm³/mol. The van der Waals surface area contributed by atoms with Crippen LogP contribution in [0.1, 0.15) is 24.8 Å². The Morgan fingerprint density at radius 3 is 2.83 bits per heavy atom. The first-order valence-corrected chi connectivity index (χ1v) is 7.93. The quantitative estimate of drug-likeness (QED) is 0.900. The van der Waals surface area contributed by atoms with Gasteiger partial charge in [0.25, 0.3) is 0 Å². The van der Waals surface area contributed by atoms with Gasteiger partial charge in [0.2, 0.25) is 0 Å². The van der Waals surface area contributed by atoms with Crippen LogP contribution in [0.25, 0.3) is 0 Å². The van der Waals surface area contributed by atoms with Gasteiger partial charge in [0.15, 0.2) is 0 Å². The van der Waals surface area contributed by atoms with Gasteiger partial charge >= 0.3 is 6.03 Å². The van der Waals surface area contributed by atoms with Gasteiger partial charge in [0, 0.05) is 30.8 Å². The molecule has 1 fully saturated rings. The Hall–Kier alpha value is -1.98. The number of carbonyl (C=O) groups is 1. The number of benzene rings is 1. The first-order chi connectivity index (χ1) is 11.1. The zero-order chi connectivity index (χ0) is 16.8. The lowest BCUT2D eigenvalue weighted by Gasteiger charge is -2.32. The summed E-state index contributed by atoms with van der Waals surface area (Å²) in [6.07, 6.45) is 2.42. The van der Waals surface area contributed by atoms with Gasteiger partial charge in [0.05, 0.1) is 26.6 Å². The molecule has 1 heterocycles. The lowest BCUT2D eigenvalue weighted by Crippen LogP contribution is -2.42. The third-order valence-corrected chi connectivity index (χ3v) is 4.35. The standard InChI is InChI=1S/C17H25FN2O3/c1-12-15(9-14(22-2)10-16(12)23-3)19-17(21)20-8-4-5-13(11-20)6-7-18/h9-10,13H,4-8,11H2,1-3H3,(H,19,21). The fourth-order valence-corrected chi connectivity index (χ4v) is 2.96. The van der Waals surface area contributed by atoms with Crippen LogP contribution < -0.4 is 14.8 Å². The van der Waals surface area contributed by atoms with Gasteiger partial charge in [-0.15, -0.1) is 0 Å². The number of carbonyl (C=O) groups excluding carboxylic acids is 1. The minimum absolute atomic E-state index is 0.160. The van der Waals surface area contributed by atoms with Crippen LogP contribution in [-0.2, 0) is 0 Å². The molecule has 2 amide bonds. The van der Waals surface area contributed by atoms with Gasteiger partial charge in [0.1, 0.15) is 11.5 Å². The zero-order valence-corrected chi connectivity index (χ0v) is 14.0. The van der Waals surface area contributed by atoms with E-state index in [2.05, 4.69) is 5.32 Å². The summed E-state index contributed by atoms with van der Waals surface area (Å²) in [6.45, 7) is 2.87. The number of hydrogen-bond acceptors (Lipinski definition) is 3. The van der Waals surface area contributed by atoms with E-state index in [0.717, 1.165) is 18.4 Å². The number of hydrogen-bond donors (Lipinski definition) is 1. The summed E-state index contributed by atoms with van der Waals surface area (Å²) in [5.74, 6) is 1.53. The van der Waals surface area contributed by atoms with Gasteiger partial charge in [-0.3, -0.25) is 4.39 Å². The molecule has 2 rings (SSSR count). The topological polar surface area (TPSA) is 50.8 Å². The molecule has 0 aromatic heterocycles. The van der Waals surface area contributed by atoms with Crippen LogP contribution in [0.5, 0.6) is 11.5 Å². The fourth-order valence-electron chi connectivity index (χ4n) is 2.96. The summed E-state index contributed by atoms with van der Waals surface area (Å²) >= 11 is 0. The average Bonchev–Trinajstić information content (AvgIpc) is 2.57. The highest BCUT2D eigenvalue weighted by molar-refractivity contribution is 5.91. The highest BCUT2D eigenvalue weighted by atomic mass is 19.1. The molecule has 0 spiro atoms. The highest BCUT2D eigenvalue weighted by Gasteiger charge is 2.24. The Balaban J connectivity index is 2.10. The number of methoxy groups -OCH3 is 2. The predicted octanol–water partition coefficient (Wildman–Crippen LogP) is 3.62. The van der Waals surface area contributed by atoms with Crippen molar-refractivity contribution in [2.75, 3.05) is 39.3 Å². The SMILES string of the molecule is COc1cc(NC(=O)N2CCCC(CCF)C2)c(C)c(OC)c1. The molecule has 6 heteroatoms. The lowest BCUT2D eigenvalue weighted by molar-refractivity contribution is 0.170. The van der Waals surface area contributed by atoms with Gasteiger partial charge < -0.3 is 19.7 Å². The first kappa shape index (κ1) is 17.4. The summed E-state index contributed by atoms with van der Waals surface area (Å²) < 4.78 is 23.1. The average molecular weight is 324 g/mol. The van der Waals surface area contributed by atoms with Crippen molar-refractivity contribution in [3.63, 3.8) is 0 Å². The van der Waals surface area contributed by atoms with Crippen LogP contribution in [0.2, 0.25) is 0 Å². The third kappa shape index (κ3) is 4.27. The molecular weight excluding hydrogens is 299 g/mol. The van der Waals surface area contributed by atoms with Gasteiger partial charge in [-0.2, -0.15) is 0 Å². The number of piperidine rings is 1. The Morgan fingerprint density at radius 2 is 2.17 bits per heavy atom. The lowest BCUT2D eigenvalue weighted by atomic mass is 9.95. The minimum Gasteiger partial charge on any atom is -0.497 e. The third-order valence-electron chi connectivity index (χ3n) is 4.35. The molecule has 1 unspecified atom stereocenters. The molecule has 0 aliphatic carbocycles. The van der Waals surface area contributed by atoms with E-state index in [4.69, 9.17) is 9.47 Å². The second-order valence-electron chi connectivity index (χ2n) is 5.86. The Labute approximate surface area is 136 Å². The van der Waals surface area contributed by atoms with Crippen molar-refractivity contribution in [1.29, 1.82) is 0 Å². The zero-order valence-electron chi connectivity index (χ0n) is 14.0. The molecule has 1 aromatic rings. The maximum absolute atomic E-state index is 12.5. The fraction of sp³-hybridized carbons (Fsp3) is 0.588. The number of likely N-dealkylation sites (tertiary alicyclic amines) is 1. The van der Waals surface area contributed by atoms with E-state index in [0.29, 0.717) is 36.7 Å². The number of rotatable bonds is 5. The molecule has 5 nitrogen and oxygen atoms in total. The van der Waals surface area contributed by atoms with E-state index in [1.165, 1.54) is 0 Å². The van der Waals surface area contributed by atoms with Gasteiger partial charge in [-0.05, 0) is 32.1 Å². The molecule has 1 aromatic carbocycles. The first-order valence-electron chi connectivity index (χ1n) is 7.93. The van der Waals surface area contributed by atoms with Crippen LogP contribution in [-0.4, -0.2) is 44.9 Å². The van der Waals surface area contributed by atoms with Crippen LogP contribution >= 0.6 is 0 Å².